The van der Waals surface area contributed by atoms with Gasteiger partial charge in [0.2, 0.25) is 0 Å². The van der Waals surface area contributed by atoms with Crippen molar-refractivity contribution in [2.75, 3.05) is 0 Å². The number of nitrogens with zero attached hydrogens (tertiary/aromatic N) is 2. The molecule has 2 nitrogen and oxygen atoms in total. The Balaban J connectivity index is 1.96. The van der Waals surface area contributed by atoms with Crippen molar-refractivity contribution in [2.24, 2.45) is 0 Å². The second-order valence-electron chi connectivity index (χ2n) is 4.23. The van der Waals surface area contributed by atoms with Gasteiger partial charge in [-0.15, -0.1) is 22.7 Å². The molecule has 0 spiro atoms. The molecule has 2 heterocycles. The summed E-state index contributed by atoms with van der Waals surface area (Å²) in [5.41, 5.74) is 2.53. The lowest BCUT2D eigenvalue weighted by atomic mass is 10.2. The van der Waals surface area contributed by atoms with E-state index in [1.807, 2.05) is 53.2 Å². The Morgan fingerprint density at radius 2 is 2.14 bits per heavy atom. The molecule has 21 heavy (non-hydrogen) atoms. The van der Waals surface area contributed by atoms with Gasteiger partial charge < -0.3 is 0 Å². The fourth-order valence-electron chi connectivity index (χ4n) is 1.84. The van der Waals surface area contributed by atoms with E-state index in [0.29, 0.717) is 5.57 Å². The maximum Gasteiger partial charge on any atom is 0.134 e. The normalized spacial score (nSPS) is 11.3. The Morgan fingerprint density at radius 1 is 1.24 bits per heavy atom. The third-order valence-corrected chi connectivity index (χ3v) is 4.99. The first-order valence-corrected chi connectivity index (χ1v) is 8.68. The fraction of sp³-hybridized carbons (Fsp3) is 0. The minimum absolute atomic E-state index is 0.601. The molecule has 0 amide bonds. The zero-order chi connectivity index (χ0) is 14.7. The molecular weight excluding hydrogens is 364 g/mol. The van der Waals surface area contributed by atoms with Crippen LogP contribution in [-0.2, 0) is 0 Å². The van der Waals surface area contributed by atoms with Crippen molar-refractivity contribution in [2.45, 2.75) is 0 Å². The number of thiazole rings is 1. The van der Waals surface area contributed by atoms with Crippen LogP contribution in [0.15, 0.2) is 51.6 Å². The van der Waals surface area contributed by atoms with Crippen molar-refractivity contribution in [1.82, 2.24) is 4.98 Å². The molecule has 0 N–H and O–H groups in total. The summed E-state index contributed by atoms with van der Waals surface area (Å²) < 4.78 is 1.02. The van der Waals surface area contributed by atoms with Crippen molar-refractivity contribution in [3.63, 3.8) is 0 Å². The third kappa shape index (κ3) is 3.30. The van der Waals surface area contributed by atoms with Gasteiger partial charge in [0.05, 0.1) is 11.3 Å². The fourth-order valence-corrected chi connectivity index (χ4v) is 3.69. The number of thiophene rings is 1. The number of aromatic nitrogens is 1. The Labute approximate surface area is 139 Å². The largest absolute Gasteiger partial charge is 0.235 e. The molecule has 1 aromatic carbocycles. The quantitative estimate of drug-likeness (QED) is 0.553. The molecule has 3 rings (SSSR count). The van der Waals surface area contributed by atoms with Gasteiger partial charge >= 0.3 is 0 Å². The highest BCUT2D eigenvalue weighted by Crippen LogP contribution is 2.29. The summed E-state index contributed by atoms with van der Waals surface area (Å²) >= 11 is 6.56. The van der Waals surface area contributed by atoms with Crippen molar-refractivity contribution in [3.05, 3.63) is 61.5 Å². The van der Waals surface area contributed by atoms with E-state index < -0.39 is 0 Å². The van der Waals surface area contributed by atoms with Gasteiger partial charge in [0, 0.05) is 20.3 Å². The van der Waals surface area contributed by atoms with Crippen LogP contribution in [0.1, 0.15) is 9.88 Å². The first-order chi connectivity index (χ1) is 10.3. The molecule has 0 bridgehead atoms. The molecule has 0 saturated heterocycles. The van der Waals surface area contributed by atoms with Crippen molar-refractivity contribution >= 4 is 50.3 Å². The molecule has 0 saturated carbocycles. The van der Waals surface area contributed by atoms with Gasteiger partial charge in [0.15, 0.2) is 0 Å². The van der Waals surface area contributed by atoms with Crippen LogP contribution < -0.4 is 0 Å². The monoisotopic (exact) mass is 372 g/mol. The molecule has 0 aliphatic rings. The summed E-state index contributed by atoms with van der Waals surface area (Å²) in [6.07, 6.45) is 1.88. The van der Waals surface area contributed by atoms with Crippen LogP contribution in [0.2, 0.25) is 0 Å². The van der Waals surface area contributed by atoms with Gasteiger partial charge in [0.1, 0.15) is 11.1 Å². The van der Waals surface area contributed by atoms with Crippen LogP contribution in [0.4, 0.5) is 0 Å². The number of allylic oxidation sites excluding steroid dienone is 1. The molecule has 0 aliphatic carbocycles. The Hall–Kier alpha value is -1.74. The second-order valence-corrected chi connectivity index (χ2v) is 6.99. The number of rotatable bonds is 3. The first-order valence-electron chi connectivity index (χ1n) is 6.13. The van der Waals surface area contributed by atoms with Gasteiger partial charge in [-0.2, -0.15) is 5.26 Å². The number of benzene rings is 1. The number of halogens is 1. The lowest BCUT2D eigenvalue weighted by Crippen LogP contribution is -1.82. The Morgan fingerprint density at radius 3 is 2.86 bits per heavy atom. The van der Waals surface area contributed by atoms with Crippen LogP contribution >= 0.6 is 38.6 Å². The maximum atomic E-state index is 9.35. The summed E-state index contributed by atoms with van der Waals surface area (Å²) in [7, 11) is 0. The molecule has 3 aromatic rings. The van der Waals surface area contributed by atoms with E-state index in [-0.39, 0.29) is 0 Å². The molecule has 2 aromatic heterocycles. The highest BCUT2D eigenvalue weighted by molar-refractivity contribution is 9.10. The minimum Gasteiger partial charge on any atom is -0.235 e. The number of hydrogen-bond acceptors (Lipinski definition) is 4. The molecule has 0 atom stereocenters. The lowest BCUT2D eigenvalue weighted by Gasteiger charge is -1.97. The van der Waals surface area contributed by atoms with Gasteiger partial charge in [-0.25, -0.2) is 4.98 Å². The minimum atomic E-state index is 0.601. The van der Waals surface area contributed by atoms with Crippen LogP contribution in [-0.4, -0.2) is 4.98 Å². The van der Waals surface area contributed by atoms with E-state index in [1.54, 1.807) is 11.3 Å². The van der Waals surface area contributed by atoms with Crippen LogP contribution in [0.3, 0.4) is 0 Å². The van der Waals surface area contributed by atoms with E-state index in [0.717, 1.165) is 25.6 Å². The van der Waals surface area contributed by atoms with Crippen molar-refractivity contribution < 1.29 is 0 Å². The van der Waals surface area contributed by atoms with E-state index in [2.05, 4.69) is 27.0 Å². The molecule has 5 heteroatoms. The summed E-state index contributed by atoms with van der Waals surface area (Å²) in [5, 5.41) is 14.1. The van der Waals surface area contributed by atoms with E-state index >= 15 is 0 Å². The van der Waals surface area contributed by atoms with Crippen molar-refractivity contribution in [1.29, 1.82) is 5.26 Å². The molecule has 102 valence electrons. The summed E-state index contributed by atoms with van der Waals surface area (Å²) in [6, 6.07) is 14.2. The third-order valence-electron chi connectivity index (χ3n) is 2.81. The van der Waals surface area contributed by atoms with E-state index in [4.69, 9.17) is 0 Å². The predicted octanol–water partition coefficient (Wildman–Crippen LogP) is 5.70. The van der Waals surface area contributed by atoms with E-state index in [9.17, 15) is 5.26 Å². The van der Waals surface area contributed by atoms with Crippen molar-refractivity contribution in [3.8, 4) is 17.3 Å². The van der Waals surface area contributed by atoms with Crippen LogP contribution in [0.5, 0.6) is 0 Å². The van der Waals surface area contributed by atoms with Gasteiger partial charge in [0.25, 0.3) is 0 Å². The second kappa shape index (κ2) is 6.35. The first kappa shape index (κ1) is 14.2. The Bertz CT molecular complexity index is 826. The molecule has 0 radical (unpaired) electrons. The highest BCUT2D eigenvalue weighted by Gasteiger charge is 2.09. The molecule has 0 fully saturated rings. The Kier molecular flexibility index (Phi) is 4.30. The SMILES string of the molecule is N#CC(=Cc1cccs1)c1nc(-c2cccc(Br)c2)cs1. The lowest BCUT2D eigenvalue weighted by molar-refractivity contribution is 1.37. The van der Waals surface area contributed by atoms with Gasteiger partial charge in [-0.3, -0.25) is 0 Å². The molecule has 0 aliphatic heterocycles. The van der Waals surface area contributed by atoms with Gasteiger partial charge in [-0.1, -0.05) is 34.1 Å². The molecule has 0 unspecified atom stereocenters. The topological polar surface area (TPSA) is 36.7 Å². The summed E-state index contributed by atoms with van der Waals surface area (Å²) in [6.45, 7) is 0. The zero-order valence-electron chi connectivity index (χ0n) is 10.8. The number of nitriles is 1. The average Bonchev–Trinajstić information content (AvgIpc) is 3.16. The summed E-state index contributed by atoms with van der Waals surface area (Å²) in [5.74, 6) is 0. The summed E-state index contributed by atoms with van der Waals surface area (Å²) in [4.78, 5) is 5.65. The zero-order valence-corrected chi connectivity index (χ0v) is 14.0. The number of hydrogen-bond donors (Lipinski definition) is 0. The van der Waals surface area contributed by atoms with Crippen LogP contribution in [0.25, 0.3) is 22.9 Å². The van der Waals surface area contributed by atoms with E-state index in [1.165, 1.54) is 11.3 Å². The highest BCUT2D eigenvalue weighted by atomic mass is 79.9. The standard InChI is InChI=1S/C16H9BrN2S2/c17-13-4-1-3-11(7-13)15-10-21-16(19-15)12(9-18)8-14-5-2-6-20-14/h1-8,10H. The van der Waals surface area contributed by atoms with Crippen LogP contribution in [0, 0.1) is 11.3 Å². The predicted molar refractivity (Wildman–Crippen MR) is 93.1 cm³/mol. The molecular formula is C16H9BrN2S2. The smallest absolute Gasteiger partial charge is 0.134 e. The van der Waals surface area contributed by atoms with Gasteiger partial charge in [-0.05, 0) is 29.7 Å². The average molecular weight is 373 g/mol. The maximum absolute atomic E-state index is 9.35.